The monoisotopic (exact) mass is 268 g/mol. The molecule has 3 nitrogen and oxygen atoms in total. The largest absolute Gasteiger partial charge is 0.457 e. The minimum absolute atomic E-state index is 0.342. The van der Waals surface area contributed by atoms with E-state index in [-0.39, 0.29) is 0 Å². The number of hydrogen-bond donors (Lipinski definition) is 0. The van der Waals surface area contributed by atoms with Crippen LogP contribution in [0.5, 0.6) is 11.5 Å². The second-order valence-corrected chi connectivity index (χ2v) is 4.35. The van der Waals surface area contributed by atoms with Gasteiger partial charge in [-0.25, -0.2) is 0 Å². The van der Waals surface area contributed by atoms with E-state index in [1.54, 1.807) is 30.3 Å². The van der Waals surface area contributed by atoms with Crippen molar-refractivity contribution in [3.05, 3.63) is 58.1 Å². The smallest absolute Gasteiger partial charge is 0.131 e. The molecule has 0 amide bonds. The molecule has 0 saturated carbocycles. The van der Waals surface area contributed by atoms with Gasteiger partial charge in [0.15, 0.2) is 0 Å². The Morgan fingerprint density at radius 3 is 2.47 bits per heavy atom. The van der Waals surface area contributed by atoms with Crippen molar-refractivity contribution in [1.29, 1.82) is 10.5 Å². The van der Waals surface area contributed by atoms with Gasteiger partial charge < -0.3 is 4.74 Å². The Bertz CT molecular complexity index is 711. The molecular formula is C15H9ClN2O. The third kappa shape index (κ3) is 2.85. The van der Waals surface area contributed by atoms with Gasteiger partial charge in [-0.1, -0.05) is 17.7 Å². The second-order valence-electron chi connectivity index (χ2n) is 3.95. The number of ether oxygens (including phenoxy) is 1. The number of nitrogens with zero attached hydrogens (tertiary/aromatic N) is 2. The van der Waals surface area contributed by atoms with Gasteiger partial charge in [-0.05, 0) is 36.8 Å². The van der Waals surface area contributed by atoms with E-state index < -0.39 is 0 Å². The topological polar surface area (TPSA) is 56.8 Å². The van der Waals surface area contributed by atoms with Crippen LogP contribution in [0.15, 0.2) is 36.4 Å². The van der Waals surface area contributed by atoms with Crippen molar-refractivity contribution < 1.29 is 4.74 Å². The van der Waals surface area contributed by atoms with Gasteiger partial charge in [0.2, 0.25) is 0 Å². The first-order valence-corrected chi connectivity index (χ1v) is 5.90. The Kier molecular flexibility index (Phi) is 3.71. The highest BCUT2D eigenvalue weighted by Gasteiger charge is 2.06. The highest BCUT2D eigenvalue weighted by Crippen LogP contribution is 2.29. The Morgan fingerprint density at radius 1 is 1.05 bits per heavy atom. The Labute approximate surface area is 116 Å². The van der Waals surface area contributed by atoms with E-state index in [1.165, 1.54) is 0 Å². The van der Waals surface area contributed by atoms with Crippen LogP contribution >= 0.6 is 11.6 Å². The van der Waals surface area contributed by atoms with Crippen LogP contribution in [0.25, 0.3) is 0 Å². The van der Waals surface area contributed by atoms with Crippen molar-refractivity contribution >= 4 is 11.6 Å². The van der Waals surface area contributed by atoms with Crippen LogP contribution in [0.3, 0.4) is 0 Å². The molecule has 0 saturated heterocycles. The maximum Gasteiger partial charge on any atom is 0.131 e. The van der Waals surface area contributed by atoms with Crippen LogP contribution in [-0.2, 0) is 0 Å². The SMILES string of the molecule is Cc1ccc(C#N)cc1Oc1ccc(C#N)c(Cl)c1. The van der Waals surface area contributed by atoms with Crippen molar-refractivity contribution in [3.63, 3.8) is 0 Å². The zero-order valence-electron chi connectivity index (χ0n) is 10.1. The van der Waals surface area contributed by atoms with E-state index in [4.69, 9.17) is 26.9 Å². The number of rotatable bonds is 2. The lowest BCUT2D eigenvalue weighted by Crippen LogP contribution is -1.89. The van der Waals surface area contributed by atoms with Crippen molar-refractivity contribution in [2.24, 2.45) is 0 Å². The summed E-state index contributed by atoms with van der Waals surface area (Å²) < 4.78 is 5.69. The fourth-order valence-electron chi connectivity index (χ4n) is 1.56. The molecule has 0 bridgehead atoms. The van der Waals surface area contributed by atoms with E-state index in [0.717, 1.165) is 5.56 Å². The molecule has 0 heterocycles. The molecule has 2 rings (SSSR count). The van der Waals surface area contributed by atoms with Gasteiger partial charge >= 0.3 is 0 Å². The predicted octanol–water partition coefficient (Wildman–Crippen LogP) is 4.18. The molecule has 4 heteroatoms. The highest BCUT2D eigenvalue weighted by molar-refractivity contribution is 6.31. The van der Waals surface area contributed by atoms with E-state index in [0.29, 0.717) is 27.6 Å². The fraction of sp³-hybridized carbons (Fsp3) is 0.0667. The average Bonchev–Trinajstić information content (AvgIpc) is 2.41. The molecule has 0 unspecified atom stereocenters. The molecule has 0 fully saturated rings. The summed E-state index contributed by atoms with van der Waals surface area (Å²) in [6.45, 7) is 1.89. The summed E-state index contributed by atoms with van der Waals surface area (Å²) in [5.41, 5.74) is 1.84. The third-order valence-electron chi connectivity index (χ3n) is 2.61. The normalized spacial score (nSPS) is 9.47. The van der Waals surface area contributed by atoms with Crippen LogP contribution in [0, 0.1) is 29.6 Å². The maximum absolute atomic E-state index is 8.87. The number of benzene rings is 2. The van der Waals surface area contributed by atoms with Gasteiger partial charge in [-0.3, -0.25) is 0 Å². The first-order valence-electron chi connectivity index (χ1n) is 5.52. The minimum atomic E-state index is 0.342. The summed E-state index contributed by atoms with van der Waals surface area (Å²) in [6, 6.07) is 14.1. The van der Waals surface area contributed by atoms with E-state index >= 15 is 0 Å². The molecular weight excluding hydrogens is 260 g/mol. The second kappa shape index (κ2) is 5.44. The third-order valence-corrected chi connectivity index (χ3v) is 2.92. The predicted molar refractivity (Wildman–Crippen MR) is 72.1 cm³/mol. The van der Waals surface area contributed by atoms with Crippen LogP contribution in [0.4, 0.5) is 0 Å². The summed E-state index contributed by atoms with van der Waals surface area (Å²) in [5, 5.41) is 18.0. The summed E-state index contributed by atoms with van der Waals surface area (Å²) in [7, 11) is 0. The standard InChI is InChI=1S/C15H9ClN2O/c1-10-2-3-11(8-17)6-15(10)19-13-5-4-12(9-18)14(16)7-13/h2-7H,1H3. The van der Waals surface area contributed by atoms with E-state index in [9.17, 15) is 0 Å². The van der Waals surface area contributed by atoms with Crippen LogP contribution in [0.2, 0.25) is 5.02 Å². The fourth-order valence-corrected chi connectivity index (χ4v) is 1.77. The Morgan fingerprint density at radius 2 is 1.84 bits per heavy atom. The zero-order chi connectivity index (χ0) is 13.8. The molecule has 0 N–H and O–H groups in total. The molecule has 0 spiro atoms. The number of aryl methyl sites for hydroxylation is 1. The van der Waals surface area contributed by atoms with Crippen molar-refractivity contribution in [3.8, 4) is 23.6 Å². The molecule has 0 atom stereocenters. The molecule has 0 aliphatic carbocycles. The van der Waals surface area contributed by atoms with Crippen LogP contribution in [-0.4, -0.2) is 0 Å². The highest BCUT2D eigenvalue weighted by atomic mass is 35.5. The van der Waals surface area contributed by atoms with Crippen LogP contribution in [0.1, 0.15) is 16.7 Å². The van der Waals surface area contributed by atoms with Gasteiger partial charge in [0.05, 0.1) is 22.2 Å². The van der Waals surface area contributed by atoms with E-state index in [2.05, 4.69) is 6.07 Å². The van der Waals surface area contributed by atoms with Gasteiger partial charge in [-0.2, -0.15) is 10.5 Å². The van der Waals surface area contributed by atoms with Gasteiger partial charge in [-0.15, -0.1) is 0 Å². The Balaban J connectivity index is 2.34. The zero-order valence-corrected chi connectivity index (χ0v) is 10.9. The summed E-state index contributed by atoms with van der Waals surface area (Å²) >= 11 is 5.94. The van der Waals surface area contributed by atoms with Gasteiger partial charge in [0, 0.05) is 6.07 Å². The summed E-state index contributed by atoms with van der Waals surface area (Å²) in [4.78, 5) is 0. The lowest BCUT2D eigenvalue weighted by molar-refractivity contribution is 0.479. The molecule has 2 aromatic rings. The summed E-state index contributed by atoms with van der Waals surface area (Å²) in [5.74, 6) is 1.13. The summed E-state index contributed by atoms with van der Waals surface area (Å²) in [6.07, 6.45) is 0. The maximum atomic E-state index is 8.87. The average molecular weight is 269 g/mol. The molecule has 0 aromatic heterocycles. The van der Waals surface area contributed by atoms with Crippen molar-refractivity contribution in [2.45, 2.75) is 6.92 Å². The van der Waals surface area contributed by atoms with Crippen molar-refractivity contribution in [1.82, 2.24) is 0 Å². The molecule has 0 aliphatic heterocycles. The molecule has 92 valence electrons. The minimum Gasteiger partial charge on any atom is -0.457 e. The lowest BCUT2D eigenvalue weighted by Gasteiger charge is -2.09. The van der Waals surface area contributed by atoms with Crippen LogP contribution < -0.4 is 4.74 Å². The number of nitriles is 2. The van der Waals surface area contributed by atoms with E-state index in [1.807, 2.05) is 19.1 Å². The van der Waals surface area contributed by atoms with Gasteiger partial charge in [0.1, 0.15) is 17.6 Å². The lowest BCUT2D eigenvalue weighted by atomic mass is 10.1. The molecule has 19 heavy (non-hydrogen) atoms. The first kappa shape index (κ1) is 13.0. The molecule has 2 aromatic carbocycles. The number of halogens is 1. The quantitative estimate of drug-likeness (QED) is 0.821. The number of hydrogen-bond acceptors (Lipinski definition) is 3. The van der Waals surface area contributed by atoms with Gasteiger partial charge in [0.25, 0.3) is 0 Å². The Hall–Kier alpha value is -2.49. The molecule has 0 radical (unpaired) electrons. The first-order chi connectivity index (χ1) is 9.13. The van der Waals surface area contributed by atoms with Crippen molar-refractivity contribution in [2.75, 3.05) is 0 Å². The molecule has 0 aliphatic rings.